The largest absolute Gasteiger partial charge is 1.00 e. The number of carbonyl (C=O) groups is 1. The second-order valence-corrected chi connectivity index (χ2v) is 6.73. The van der Waals surface area contributed by atoms with Crippen molar-refractivity contribution in [1.29, 1.82) is 0 Å². The summed E-state index contributed by atoms with van der Waals surface area (Å²) >= 11 is 0. The molecule has 1 aliphatic rings. The third kappa shape index (κ3) is 3.68. The molecular weight excluding hydrogens is 271 g/mol. The first-order valence-corrected chi connectivity index (χ1v) is 6.84. The molecular formula is C10H19NaO6S. The van der Waals surface area contributed by atoms with Crippen LogP contribution in [0.3, 0.4) is 0 Å². The van der Waals surface area contributed by atoms with Crippen LogP contribution in [0, 0.1) is 17.3 Å². The molecule has 0 amide bonds. The topological polar surface area (TPSA) is 101 Å². The van der Waals surface area contributed by atoms with Crippen molar-refractivity contribution in [1.82, 2.24) is 0 Å². The first-order valence-electron chi connectivity index (χ1n) is 5.34. The Balaban J connectivity index is 0. The average molecular weight is 290 g/mol. The number of rotatable bonds is 4. The van der Waals surface area contributed by atoms with E-state index in [4.69, 9.17) is 9.29 Å². The fraction of sp³-hybridized carbons (Fsp3) is 0.900. The van der Waals surface area contributed by atoms with E-state index >= 15 is 0 Å². The van der Waals surface area contributed by atoms with Crippen molar-refractivity contribution in [3.8, 4) is 0 Å². The summed E-state index contributed by atoms with van der Waals surface area (Å²) < 4.78 is 35.4. The minimum atomic E-state index is -4.56. The summed E-state index contributed by atoms with van der Waals surface area (Å²) in [6.45, 7) is 6.67. The van der Waals surface area contributed by atoms with Crippen molar-refractivity contribution in [3.05, 3.63) is 0 Å². The SMILES string of the molecule is CC(C)OC(=O)C1C(C(O)S(=O)(=O)O)C1(C)C.[H-].[Na+]. The number of ether oxygens (including phenoxy) is 1. The zero-order valence-corrected chi connectivity index (χ0v) is 14.1. The fourth-order valence-corrected chi connectivity index (χ4v) is 3.03. The molecule has 0 saturated heterocycles. The summed E-state index contributed by atoms with van der Waals surface area (Å²) in [5.41, 5.74) is -2.64. The molecule has 0 radical (unpaired) electrons. The maximum absolute atomic E-state index is 11.7. The maximum Gasteiger partial charge on any atom is 1.00 e. The first-order chi connectivity index (χ1) is 7.49. The Labute approximate surface area is 131 Å². The number of aliphatic hydroxyl groups is 1. The van der Waals surface area contributed by atoms with Crippen molar-refractivity contribution in [2.24, 2.45) is 17.3 Å². The molecule has 1 saturated carbocycles. The fourth-order valence-electron chi connectivity index (χ4n) is 2.15. The molecule has 2 N–H and O–H groups in total. The Morgan fingerprint density at radius 2 is 1.83 bits per heavy atom. The van der Waals surface area contributed by atoms with Crippen molar-refractivity contribution < 1.29 is 58.6 Å². The van der Waals surface area contributed by atoms with Crippen LogP contribution >= 0.6 is 0 Å². The summed E-state index contributed by atoms with van der Waals surface area (Å²) in [5, 5.41) is 9.47. The summed E-state index contributed by atoms with van der Waals surface area (Å²) in [5.74, 6) is -2.08. The third-order valence-corrected chi connectivity index (χ3v) is 4.03. The summed E-state index contributed by atoms with van der Waals surface area (Å²) in [6.07, 6.45) is -0.303. The van der Waals surface area contributed by atoms with Gasteiger partial charge in [-0.3, -0.25) is 9.35 Å². The molecule has 0 aromatic heterocycles. The molecule has 0 aromatic carbocycles. The molecule has 0 aliphatic heterocycles. The molecule has 1 rings (SSSR count). The molecule has 8 heteroatoms. The van der Waals surface area contributed by atoms with Crippen molar-refractivity contribution in [2.75, 3.05) is 0 Å². The van der Waals surface area contributed by atoms with E-state index < -0.39 is 38.8 Å². The third-order valence-electron chi connectivity index (χ3n) is 3.13. The van der Waals surface area contributed by atoms with Crippen molar-refractivity contribution in [2.45, 2.75) is 39.2 Å². The van der Waals surface area contributed by atoms with Crippen LogP contribution in [0.4, 0.5) is 0 Å². The Bertz CT molecular complexity index is 422. The number of hydrogen-bond donors (Lipinski definition) is 2. The van der Waals surface area contributed by atoms with Crippen LogP contribution in [-0.2, 0) is 19.6 Å². The van der Waals surface area contributed by atoms with Gasteiger partial charge in [0.2, 0.25) is 0 Å². The predicted octanol–water partition coefficient (Wildman–Crippen LogP) is -2.47. The van der Waals surface area contributed by atoms with Crippen molar-refractivity contribution in [3.63, 3.8) is 0 Å². The van der Waals surface area contributed by atoms with Crippen LogP contribution in [0.15, 0.2) is 0 Å². The first kappa shape index (κ1) is 18.3. The minimum absolute atomic E-state index is 0. The van der Waals surface area contributed by atoms with Gasteiger partial charge in [-0.2, -0.15) is 8.42 Å². The van der Waals surface area contributed by atoms with Gasteiger partial charge in [0, 0.05) is 5.92 Å². The Morgan fingerprint density at radius 3 is 2.17 bits per heavy atom. The monoisotopic (exact) mass is 290 g/mol. The Morgan fingerprint density at radius 1 is 1.39 bits per heavy atom. The Hall–Kier alpha value is 0.340. The van der Waals surface area contributed by atoms with Crippen LogP contribution < -0.4 is 29.6 Å². The van der Waals surface area contributed by atoms with Gasteiger partial charge in [-0.05, 0) is 19.3 Å². The van der Waals surface area contributed by atoms with E-state index in [1.807, 2.05) is 0 Å². The van der Waals surface area contributed by atoms with E-state index in [0.29, 0.717) is 0 Å². The second-order valence-electron chi connectivity index (χ2n) is 5.22. The van der Waals surface area contributed by atoms with Crippen LogP contribution in [-0.4, -0.2) is 35.6 Å². The van der Waals surface area contributed by atoms with E-state index in [1.54, 1.807) is 27.7 Å². The smallest absolute Gasteiger partial charge is 1.00 e. The van der Waals surface area contributed by atoms with Gasteiger partial charge in [0.15, 0.2) is 5.44 Å². The Kier molecular flexibility index (Phi) is 5.87. The van der Waals surface area contributed by atoms with Gasteiger partial charge in [0.1, 0.15) is 0 Å². The quantitative estimate of drug-likeness (QED) is 0.338. The van der Waals surface area contributed by atoms with Gasteiger partial charge in [-0.15, -0.1) is 0 Å². The maximum atomic E-state index is 11.7. The molecule has 0 bridgehead atoms. The predicted molar refractivity (Wildman–Crippen MR) is 60.7 cm³/mol. The van der Waals surface area contributed by atoms with Crippen LogP contribution in [0.25, 0.3) is 0 Å². The van der Waals surface area contributed by atoms with Gasteiger partial charge < -0.3 is 11.3 Å². The molecule has 0 heterocycles. The van der Waals surface area contributed by atoms with E-state index in [1.165, 1.54) is 0 Å². The van der Waals surface area contributed by atoms with Gasteiger partial charge in [0.25, 0.3) is 10.1 Å². The van der Waals surface area contributed by atoms with Crippen LogP contribution in [0.2, 0.25) is 0 Å². The zero-order valence-electron chi connectivity index (χ0n) is 12.2. The van der Waals surface area contributed by atoms with E-state index in [2.05, 4.69) is 0 Å². The van der Waals surface area contributed by atoms with E-state index in [-0.39, 0.29) is 37.1 Å². The van der Waals surface area contributed by atoms with Gasteiger partial charge in [-0.1, -0.05) is 13.8 Å². The normalized spacial score (nSPS) is 27.3. The number of esters is 1. The van der Waals surface area contributed by atoms with Crippen LogP contribution in [0.5, 0.6) is 0 Å². The zero-order chi connectivity index (χ0) is 13.6. The summed E-state index contributed by atoms with van der Waals surface area (Å²) in [7, 11) is -4.56. The summed E-state index contributed by atoms with van der Waals surface area (Å²) in [6, 6.07) is 0. The van der Waals surface area contributed by atoms with Gasteiger partial charge in [0.05, 0.1) is 12.0 Å². The average Bonchev–Trinajstić information content (AvgIpc) is 2.64. The minimum Gasteiger partial charge on any atom is -1.00 e. The van der Waals surface area contributed by atoms with E-state index in [0.717, 1.165) is 0 Å². The van der Waals surface area contributed by atoms with Gasteiger partial charge in [-0.25, -0.2) is 0 Å². The number of hydrogen-bond acceptors (Lipinski definition) is 5. The molecule has 0 aromatic rings. The molecule has 1 aliphatic carbocycles. The standard InChI is InChI=1S/C10H18O6S.Na.H/c1-5(2)16-8(11)6-7(10(6,3)4)9(12)17(13,14)15;;/h5-7,9,12H,1-4H3,(H,13,14,15);;/q;+1;-1. The number of carbonyl (C=O) groups excluding carboxylic acids is 1. The number of aliphatic hydroxyl groups excluding tert-OH is 1. The molecule has 3 unspecified atom stereocenters. The molecule has 3 atom stereocenters. The molecule has 102 valence electrons. The van der Waals surface area contributed by atoms with Crippen molar-refractivity contribution >= 4 is 16.1 Å². The van der Waals surface area contributed by atoms with E-state index in [9.17, 15) is 18.3 Å². The molecule has 1 fully saturated rings. The molecule has 18 heavy (non-hydrogen) atoms. The summed E-state index contributed by atoms with van der Waals surface area (Å²) in [4.78, 5) is 11.7. The molecule has 6 nitrogen and oxygen atoms in total. The molecule has 0 spiro atoms. The second kappa shape index (κ2) is 5.76. The van der Waals surface area contributed by atoms with Gasteiger partial charge >= 0.3 is 35.5 Å². The van der Waals surface area contributed by atoms with Crippen LogP contribution in [0.1, 0.15) is 29.1 Å².